The molecular weight excluding hydrogens is 681 g/mol. The number of carbonyl (C=O) groups is 1. The molecule has 0 atom stereocenters. The number of aliphatic carboxylic acids is 1. The summed E-state index contributed by atoms with van der Waals surface area (Å²) in [7, 11) is 0. The summed E-state index contributed by atoms with van der Waals surface area (Å²) >= 11 is 1.63. The van der Waals surface area contributed by atoms with Crippen molar-refractivity contribution in [3.63, 3.8) is 0 Å². The van der Waals surface area contributed by atoms with Gasteiger partial charge < -0.3 is 14.4 Å². The monoisotopic (exact) mass is 716 g/mol. The summed E-state index contributed by atoms with van der Waals surface area (Å²) in [5.41, 5.74) is 2.84. The quantitative estimate of drug-likeness (QED) is 0.112. The minimum absolute atomic E-state index is 0.155. The van der Waals surface area contributed by atoms with Crippen LogP contribution in [0.5, 0.6) is 5.75 Å². The molecule has 0 aliphatic carbocycles. The first kappa shape index (κ1) is 35.8. The molecule has 0 saturated carbocycles. The number of pyridine rings is 3. The molecule has 4 aromatic heterocycles. The molecule has 0 aliphatic rings. The summed E-state index contributed by atoms with van der Waals surface area (Å²) < 4.78 is 60.8. The van der Waals surface area contributed by atoms with Crippen molar-refractivity contribution >= 4 is 39.7 Å². The van der Waals surface area contributed by atoms with Gasteiger partial charge in [-0.25, -0.2) is 14.4 Å². The molecule has 6 aromatic rings. The fourth-order valence-electron chi connectivity index (χ4n) is 5.64. The highest BCUT2D eigenvalue weighted by atomic mass is 32.2. The Morgan fingerprint density at radius 3 is 2.29 bits per heavy atom. The van der Waals surface area contributed by atoms with Crippen LogP contribution in [0, 0.1) is 11.2 Å². The van der Waals surface area contributed by atoms with Gasteiger partial charge in [0.2, 0.25) is 0 Å². The number of ether oxygens (including phenoxy) is 1. The first-order valence-corrected chi connectivity index (χ1v) is 17.0. The predicted octanol–water partition coefficient (Wildman–Crippen LogP) is 9.98. The van der Waals surface area contributed by atoms with Crippen LogP contribution in [-0.4, -0.2) is 35.3 Å². The number of thioether (sulfide) groups is 1. The molecule has 12 heteroatoms. The molecule has 51 heavy (non-hydrogen) atoms. The van der Waals surface area contributed by atoms with Crippen molar-refractivity contribution in [1.82, 2.24) is 19.5 Å². The summed E-state index contributed by atoms with van der Waals surface area (Å²) in [5, 5.41) is 11.6. The molecule has 0 amide bonds. The number of alkyl halides is 3. The number of halogens is 4. The van der Waals surface area contributed by atoms with Gasteiger partial charge in [0.25, 0.3) is 0 Å². The second-order valence-corrected chi connectivity index (χ2v) is 15.9. The normalized spacial score (nSPS) is 12.5. The molecule has 0 unspecified atom stereocenters. The zero-order valence-corrected chi connectivity index (χ0v) is 29.5. The summed E-state index contributed by atoms with van der Waals surface area (Å²) in [6.45, 7) is 10.2. The van der Waals surface area contributed by atoms with E-state index in [-0.39, 0.29) is 23.6 Å². The van der Waals surface area contributed by atoms with E-state index in [0.29, 0.717) is 45.8 Å². The number of rotatable bonds is 10. The van der Waals surface area contributed by atoms with Gasteiger partial charge in [-0.1, -0.05) is 51.1 Å². The Morgan fingerprint density at radius 2 is 1.65 bits per heavy atom. The largest absolute Gasteiger partial charge is 0.486 e. The predicted molar refractivity (Wildman–Crippen MR) is 190 cm³/mol. The molecule has 6 rings (SSSR count). The van der Waals surface area contributed by atoms with Crippen molar-refractivity contribution in [1.29, 1.82) is 0 Å². The van der Waals surface area contributed by atoms with Gasteiger partial charge in [-0.05, 0) is 61.9 Å². The lowest BCUT2D eigenvalue weighted by atomic mass is 9.88. The smallest absolute Gasteiger partial charge is 0.417 e. The topological polar surface area (TPSA) is 90.1 Å². The lowest BCUT2D eigenvalue weighted by molar-refractivity contribution is -0.147. The van der Waals surface area contributed by atoms with E-state index >= 15 is 0 Å². The summed E-state index contributed by atoms with van der Waals surface area (Å²) in [6, 6.07) is 19.7. The number of carboxylic acid groups (broad SMARTS) is 1. The highest BCUT2D eigenvalue weighted by Crippen LogP contribution is 2.44. The van der Waals surface area contributed by atoms with Gasteiger partial charge in [-0.2, -0.15) is 13.2 Å². The Labute approximate surface area is 296 Å². The molecule has 0 spiro atoms. The third-order valence-corrected chi connectivity index (χ3v) is 9.58. The highest BCUT2D eigenvalue weighted by Gasteiger charge is 2.33. The van der Waals surface area contributed by atoms with Crippen LogP contribution >= 0.6 is 11.8 Å². The lowest BCUT2D eigenvalue weighted by Gasteiger charge is -2.24. The minimum Gasteiger partial charge on any atom is -0.486 e. The number of carboxylic acids is 1. The SMILES string of the molecule is CC(C)(C)Sc1c(CC(C)(C)C(=O)O)n(Cc2ccc(-c3ccc(C(F)(F)F)cn3)cc2)c2ncc(OCc3ccc4cc(F)ccc4n3)cc12. The number of hydrogen-bond donors (Lipinski definition) is 1. The third kappa shape index (κ3) is 8.17. The molecule has 0 aliphatic heterocycles. The molecule has 4 heterocycles. The molecule has 264 valence electrons. The number of fused-ring (bicyclic) bond motifs is 2. The maximum atomic E-state index is 13.7. The van der Waals surface area contributed by atoms with Gasteiger partial charge in [0, 0.05) is 50.8 Å². The molecule has 7 nitrogen and oxygen atoms in total. The van der Waals surface area contributed by atoms with E-state index in [0.717, 1.165) is 33.8 Å². The first-order valence-electron chi connectivity index (χ1n) is 16.2. The Morgan fingerprint density at radius 1 is 0.902 bits per heavy atom. The van der Waals surface area contributed by atoms with E-state index in [1.54, 1.807) is 62.1 Å². The molecule has 0 bridgehead atoms. The van der Waals surface area contributed by atoms with Crippen LogP contribution in [0.25, 0.3) is 33.2 Å². The van der Waals surface area contributed by atoms with Crippen LogP contribution in [0.3, 0.4) is 0 Å². The number of aromatic nitrogens is 4. The van der Waals surface area contributed by atoms with Crippen molar-refractivity contribution in [2.45, 2.75) is 70.0 Å². The van der Waals surface area contributed by atoms with Gasteiger partial charge >= 0.3 is 12.1 Å². The summed E-state index contributed by atoms with van der Waals surface area (Å²) in [5.74, 6) is -0.752. The zero-order chi connectivity index (χ0) is 36.7. The molecule has 0 saturated heterocycles. The number of hydrogen-bond acceptors (Lipinski definition) is 6. The van der Waals surface area contributed by atoms with Crippen molar-refractivity contribution in [2.75, 3.05) is 0 Å². The molecule has 0 radical (unpaired) electrons. The van der Waals surface area contributed by atoms with Crippen molar-refractivity contribution in [2.24, 2.45) is 5.41 Å². The highest BCUT2D eigenvalue weighted by molar-refractivity contribution is 8.00. The van der Waals surface area contributed by atoms with E-state index in [9.17, 15) is 27.5 Å². The summed E-state index contributed by atoms with van der Waals surface area (Å²) in [6.07, 6.45) is -1.79. The van der Waals surface area contributed by atoms with Crippen molar-refractivity contribution < 1.29 is 32.2 Å². The standard InChI is InChI=1S/C39H36F4N4O3S/c1-37(2,3)51-34-30-17-29(50-22-28-13-10-25-16-27(40)12-15-32(25)46-28)20-45-35(30)47(33(34)18-38(4,5)36(48)49)21-23-6-8-24(9-7-23)31-14-11-26(19-44-31)39(41,42)43/h6-17,19-20H,18,21-22H2,1-5H3,(H,48,49). The minimum atomic E-state index is -4.47. The van der Waals surface area contributed by atoms with E-state index < -0.39 is 23.1 Å². The summed E-state index contributed by atoms with van der Waals surface area (Å²) in [4.78, 5) is 26.7. The zero-order valence-electron chi connectivity index (χ0n) is 28.7. The Hall–Kier alpha value is -4.97. The van der Waals surface area contributed by atoms with Crippen LogP contribution in [0.2, 0.25) is 0 Å². The van der Waals surface area contributed by atoms with Gasteiger partial charge in [0.05, 0.1) is 34.1 Å². The Balaban J connectivity index is 1.37. The van der Waals surface area contributed by atoms with Crippen LogP contribution in [-0.2, 0) is 30.5 Å². The number of benzene rings is 2. The third-order valence-electron chi connectivity index (χ3n) is 8.30. The average molecular weight is 717 g/mol. The van der Waals surface area contributed by atoms with Crippen LogP contribution < -0.4 is 4.74 Å². The van der Waals surface area contributed by atoms with Gasteiger partial charge in [-0.3, -0.25) is 9.78 Å². The van der Waals surface area contributed by atoms with E-state index in [4.69, 9.17) is 9.72 Å². The van der Waals surface area contributed by atoms with Gasteiger partial charge in [0.15, 0.2) is 0 Å². The Kier molecular flexibility index (Phi) is 9.58. The van der Waals surface area contributed by atoms with Gasteiger partial charge in [-0.15, -0.1) is 11.8 Å². The van der Waals surface area contributed by atoms with E-state index in [2.05, 4.69) is 30.7 Å². The fourth-order valence-corrected chi connectivity index (χ4v) is 6.81. The Bertz CT molecular complexity index is 2230. The second-order valence-electron chi connectivity index (χ2n) is 14.0. The number of nitrogens with zero attached hydrogens (tertiary/aromatic N) is 4. The second kappa shape index (κ2) is 13.6. The van der Waals surface area contributed by atoms with Crippen LogP contribution in [0.15, 0.2) is 90.1 Å². The van der Waals surface area contributed by atoms with Crippen LogP contribution in [0.4, 0.5) is 17.6 Å². The fraction of sp³-hybridized carbons (Fsp3) is 0.282. The van der Waals surface area contributed by atoms with Gasteiger partial charge in [0.1, 0.15) is 23.8 Å². The van der Waals surface area contributed by atoms with E-state index in [1.807, 2.05) is 22.8 Å². The maximum absolute atomic E-state index is 13.7. The average Bonchev–Trinajstić information content (AvgIpc) is 3.32. The molecule has 0 fully saturated rings. The molecular formula is C39H36F4N4O3S. The van der Waals surface area contributed by atoms with Crippen LogP contribution in [0.1, 0.15) is 57.1 Å². The first-order chi connectivity index (χ1) is 24.0. The maximum Gasteiger partial charge on any atom is 0.417 e. The van der Waals surface area contributed by atoms with E-state index in [1.165, 1.54) is 18.2 Å². The van der Waals surface area contributed by atoms with Crippen molar-refractivity contribution in [3.8, 4) is 17.0 Å². The lowest BCUT2D eigenvalue weighted by Crippen LogP contribution is -2.28. The molecule has 1 N–H and O–H groups in total. The molecule has 2 aromatic carbocycles. The van der Waals surface area contributed by atoms with Crippen molar-refractivity contribution in [3.05, 3.63) is 114 Å².